The van der Waals surface area contributed by atoms with Gasteiger partial charge in [0.15, 0.2) is 17.5 Å². The number of halogens is 3. The fraction of sp³-hybridized carbons (Fsp3) is 0.500. The van der Waals surface area contributed by atoms with E-state index in [-0.39, 0.29) is 5.82 Å². The molecule has 1 saturated heterocycles. The molecule has 0 radical (unpaired) electrons. The molecule has 2 rings (SSSR count). The Hall–Kier alpha value is -1.30. The van der Waals surface area contributed by atoms with Crippen LogP contribution in [0.2, 0.25) is 0 Å². The summed E-state index contributed by atoms with van der Waals surface area (Å²) in [5.41, 5.74) is -0.488. The van der Waals surface area contributed by atoms with Gasteiger partial charge in [0.25, 0.3) is 5.95 Å². The summed E-state index contributed by atoms with van der Waals surface area (Å²) in [5, 5.41) is 2.74. The van der Waals surface area contributed by atoms with Crippen molar-refractivity contribution >= 4 is 5.82 Å². The van der Waals surface area contributed by atoms with Gasteiger partial charge in [0.2, 0.25) is 0 Å². The Morgan fingerprint density at radius 2 is 2.12 bits per heavy atom. The minimum atomic E-state index is -1.31. The van der Waals surface area contributed by atoms with E-state index in [1.807, 2.05) is 6.92 Å². The molecule has 1 aliphatic rings. The number of ether oxygens (including phenoxy) is 1. The van der Waals surface area contributed by atoms with Crippen LogP contribution in [0, 0.1) is 17.6 Å². The largest absolute Gasteiger partial charge is 0.379 e. The lowest BCUT2D eigenvalue weighted by atomic mass is 10.0. The number of nitrogens with zero attached hydrogens (tertiary/aromatic N) is 1. The number of hydrogen-bond acceptors (Lipinski definition) is 3. The molecule has 3 nitrogen and oxygen atoms in total. The Bertz CT molecular complexity index is 405. The topological polar surface area (TPSA) is 34.2 Å². The summed E-state index contributed by atoms with van der Waals surface area (Å²) >= 11 is 0. The van der Waals surface area contributed by atoms with E-state index in [4.69, 9.17) is 4.74 Å². The molecule has 6 heteroatoms. The molecule has 1 unspecified atom stereocenters. The average Bonchev–Trinajstić information content (AvgIpc) is 2.62. The SMILES string of the molecule is CC1(Nc2nc(F)c(F)cc2F)CCOC1. The number of pyridine rings is 1. The van der Waals surface area contributed by atoms with Crippen LogP contribution in [0.1, 0.15) is 13.3 Å². The maximum atomic E-state index is 13.3. The van der Waals surface area contributed by atoms with Crippen molar-refractivity contribution in [3.05, 3.63) is 23.6 Å². The Kier molecular flexibility index (Phi) is 2.75. The van der Waals surface area contributed by atoms with Crippen molar-refractivity contribution in [1.29, 1.82) is 0 Å². The van der Waals surface area contributed by atoms with Gasteiger partial charge in [0, 0.05) is 12.7 Å². The van der Waals surface area contributed by atoms with E-state index in [0.717, 1.165) is 0 Å². The Morgan fingerprint density at radius 3 is 2.75 bits per heavy atom. The molecule has 1 aromatic heterocycles. The Labute approximate surface area is 90.6 Å². The number of rotatable bonds is 2. The van der Waals surface area contributed by atoms with Gasteiger partial charge in [0.05, 0.1) is 12.1 Å². The highest BCUT2D eigenvalue weighted by molar-refractivity contribution is 5.39. The molecule has 0 aromatic carbocycles. The van der Waals surface area contributed by atoms with E-state index >= 15 is 0 Å². The van der Waals surface area contributed by atoms with Crippen molar-refractivity contribution in [3.8, 4) is 0 Å². The Morgan fingerprint density at radius 1 is 1.38 bits per heavy atom. The second-order valence-electron chi connectivity index (χ2n) is 4.08. The lowest BCUT2D eigenvalue weighted by Crippen LogP contribution is -2.35. The van der Waals surface area contributed by atoms with Gasteiger partial charge in [-0.1, -0.05) is 0 Å². The summed E-state index contributed by atoms with van der Waals surface area (Å²) in [6, 6.07) is 0.476. The third-order valence-corrected chi connectivity index (χ3v) is 2.53. The van der Waals surface area contributed by atoms with Crippen molar-refractivity contribution < 1.29 is 17.9 Å². The fourth-order valence-corrected chi connectivity index (χ4v) is 1.58. The first-order valence-electron chi connectivity index (χ1n) is 4.88. The molecule has 16 heavy (non-hydrogen) atoms. The van der Waals surface area contributed by atoms with E-state index in [1.165, 1.54) is 0 Å². The molecule has 1 N–H and O–H groups in total. The maximum absolute atomic E-state index is 13.3. The summed E-state index contributed by atoms with van der Waals surface area (Å²) in [6.45, 7) is 2.74. The van der Waals surface area contributed by atoms with Crippen LogP contribution < -0.4 is 5.32 Å². The first-order chi connectivity index (χ1) is 7.50. The zero-order chi connectivity index (χ0) is 11.8. The number of anilines is 1. The van der Waals surface area contributed by atoms with Crippen molar-refractivity contribution in [2.45, 2.75) is 18.9 Å². The van der Waals surface area contributed by atoms with Crippen LogP contribution in [0.25, 0.3) is 0 Å². The second kappa shape index (κ2) is 3.93. The van der Waals surface area contributed by atoms with Gasteiger partial charge in [-0.2, -0.15) is 9.37 Å². The third-order valence-electron chi connectivity index (χ3n) is 2.53. The predicted octanol–water partition coefficient (Wildman–Crippen LogP) is 2.09. The fourth-order valence-electron chi connectivity index (χ4n) is 1.58. The van der Waals surface area contributed by atoms with Crippen LogP contribution in [0.5, 0.6) is 0 Å². The lowest BCUT2D eigenvalue weighted by Gasteiger charge is -2.24. The van der Waals surface area contributed by atoms with E-state index in [1.54, 1.807) is 0 Å². The zero-order valence-electron chi connectivity index (χ0n) is 8.69. The predicted molar refractivity (Wildman–Crippen MR) is 51.6 cm³/mol. The van der Waals surface area contributed by atoms with Gasteiger partial charge in [-0.15, -0.1) is 0 Å². The Balaban J connectivity index is 2.24. The molecule has 2 heterocycles. The normalized spacial score (nSPS) is 24.8. The molecule has 1 aromatic rings. The smallest absolute Gasteiger partial charge is 0.251 e. The van der Waals surface area contributed by atoms with Crippen molar-refractivity contribution in [1.82, 2.24) is 4.98 Å². The van der Waals surface area contributed by atoms with E-state index in [2.05, 4.69) is 10.3 Å². The van der Waals surface area contributed by atoms with Crippen molar-refractivity contribution in [2.75, 3.05) is 18.5 Å². The van der Waals surface area contributed by atoms with Crippen LogP contribution in [-0.2, 0) is 4.74 Å². The molecular formula is C10H11F3N2O. The average molecular weight is 232 g/mol. The van der Waals surface area contributed by atoms with Crippen LogP contribution in [-0.4, -0.2) is 23.7 Å². The van der Waals surface area contributed by atoms with Gasteiger partial charge in [0.1, 0.15) is 0 Å². The highest BCUT2D eigenvalue weighted by Gasteiger charge is 2.31. The molecule has 1 fully saturated rings. The van der Waals surface area contributed by atoms with Crippen molar-refractivity contribution in [2.24, 2.45) is 0 Å². The monoisotopic (exact) mass is 232 g/mol. The van der Waals surface area contributed by atoms with Crippen LogP contribution in [0.15, 0.2) is 6.07 Å². The van der Waals surface area contributed by atoms with Gasteiger partial charge >= 0.3 is 0 Å². The summed E-state index contributed by atoms with van der Waals surface area (Å²) in [6.07, 6.45) is 0.660. The quantitative estimate of drug-likeness (QED) is 0.793. The van der Waals surface area contributed by atoms with E-state index in [9.17, 15) is 13.2 Å². The number of nitrogens with one attached hydrogen (secondary N) is 1. The van der Waals surface area contributed by atoms with Crippen LogP contribution >= 0.6 is 0 Å². The zero-order valence-corrected chi connectivity index (χ0v) is 8.69. The minimum absolute atomic E-state index is 0.285. The summed E-state index contributed by atoms with van der Waals surface area (Å²) in [5.74, 6) is -3.80. The number of aromatic nitrogens is 1. The first-order valence-corrected chi connectivity index (χ1v) is 4.88. The lowest BCUT2D eigenvalue weighted by molar-refractivity contribution is 0.185. The molecular weight excluding hydrogens is 221 g/mol. The minimum Gasteiger partial charge on any atom is -0.379 e. The molecule has 1 aliphatic heterocycles. The summed E-state index contributed by atoms with van der Waals surface area (Å²) in [4.78, 5) is 3.20. The van der Waals surface area contributed by atoms with Crippen LogP contribution in [0.4, 0.5) is 19.0 Å². The van der Waals surface area contributed by atoms with Gasteiger partial charge in [-0.3, -0.25) is 0 Å². The summed E-state index contributed by atoms with van der Waals surface area (Å²) < 4.78 is 43.9. The van der Waals surface area contributed by atoms with E-state index in [0.29, 0.717) is 25.7 Å². The van der Waals surface area contributed by atoms with Gasteiger partial charge < -0.3 is 10.1 Å². The van der Waals surface area contributed by atoms with Crippen molar-refractivity contribution in [3.63, 3.8) is 0 Å². The molecule has 1 atom stereocenters. The van der Waals surface area contributed by atoms with Crippen LogP contribution in [0.3, 0.4) is 0 Å². The highest BCUT2D eigenvalue weighted by atomic mass is 19.2. The second-order valence-corrected chi connectivity index (χ2v) is 4.08. The molecule has 88 valence electrons. The van der Waals surface area contributed by atoms with Gasteiger partial charge in [-0.25, -0.2) is 8.78 Å². The standard InChI is InChI=1S/C10H11F3N2O/c1-10(2-3-16-5-10)15-9-7(12)4-6(11)8(13)14-9/h4H,2-3,5H2,1H3,(H,14,15). The molecule has 0 bridgehead atoms. The van der Waals surface area contributed by atoms with Gasteiger partial charge in [-0.05, 0) is 13.3 Å². The highest BCUT2D eigenvalue weighted by Crippen LogP contribution is 2.24. The molecule has 0 aliphatic carbocycles. The molecule has 0 saturated carbocycles. The molecule has 0 spiro atoms. The first kappa shape index (κ1) is 11.2. The third kappa shape index (κ3) is 2.11. The summed E-state index contributed by atoms with van der Waals surface area (Å²) in [7, 11) is 0. The maximum Gasteiger partial charge on any atom is 0.251 e. The molecule has 0 amide bonds. The number of hydrogen-bond donors (Lipinski definition) is 1. The van der Waals surface area contributed by atoms with E-state index < -0.39 is 23.1 Å².